The third kappa shape index (κ3) is 3.88. The first-order chi connectivity index (χ1) is 7.15. The van der Waals surface area contributed by atoms with Gasteiger partial charge in [-0.15, -0.1) is 0 Å². The second-order valence-corrected chi connectivity index (χ2v) is 5.00. The molecule has 1 aromatic carbocycles. The average molecular weight is 224 g/mol. The highest BCUT2D eigenvalue weighted by atomic mass is 32.2. The van der Waals surface area contributed by atoms with Crippen LogP contribution >= 0.6 is 11.8 Å². The van der Waals surface area contributed by atoms with E-state index < -0.39 is 0 Å². The molecule has 0 bridgehead atoms. The molecule has 1 aromatic rings. The maximum atomic E-state index is 10.0. The van der Waals surface area contributed by atoms with Crippen LogP contribution < -0.4 is 0 Å². The van der Waals surface area contributed by atoms with Crippen LogP contribution in [0.4, 0.5) is 0 Å². The number of thioether (sulfide) groups is 1. The van der Waals surface area contributed by atoms with Crippen LogP contribution in [0, 0.1) is 13.8 Å². The molecule has 0 aliphatic heterocycles. The number of aryl methyl sites for hydroxylation is 2. The van der Waals surface area contributed by atoms with Gasteiger partial charge < -0.3 is 5.11 Å². The minimum atomic E-state index is -0.294. The van der Waals surface area contributed by atoms with Gasteiger partial charge in [0.15, 0.2) is 0 Å². The zero-order chi connectivity index (χ0) is 11.3. The zero-order valence-corrected chi connectivity index (χ0v) is 10.6. The first-order valence-corrected chi connectivity index (χ1v) is 6.78. The van der Waals surface area contributed by atoms with Crippen LogP contribution in [0.15, 0.2) is 18.2 Å². The lowest BCUT2D eigenvalue weighted by Gasteiger charge is -2.13. The Kier molecular flexibility index (Phi) is 5.20. The lowest BCUT2D eigenvalue weighted by molar-refractivity contribution is 0.166. The number of hydrogen-bond donors (Lipinski definition) is 1. The lowest BCUT2D eigenvalue weighted by atomic mass is 9.98. The van der Waals surface area contributed by atoms with Gasteiger partial charge in [-0.3, -0.25) is 0 Å². The van der Waals surface area contributed by atoms with E-state index in [0.29, 0.717) is 0 Å². The topological polar surface area (TPSA) is 20.2 Å². The van der Waals surface area contributed by atoms with Crippen molar-refractivity contribution < 1.29 is 5.11 Å². The third-order valence-corrected chi connectivity index (χ3v) is 3.31. The van der Waals surface area contributed by atoms with Crippen molar-refractivity contribution in [2.24, 2.45) is 0 Å². The van der Waals surface area contributed by atoms with Gasteiger partial charge in [-0.05, 0) is 49.8 Å². The summed E-state index contributed by atoms with van der Waals surface area (Å²) in [4.78, 5) is 0. The van der Waals surface area contributed by atoms with E-state index in [0.717, 1.165) is 24.2 Å². The summed E-state index contributed by atoms with van der Waals surface area (Å²) in [5, 5.41) is 10.0. The predicted molar refractivity (Wildman–Crippen MR) is 68.5 cm³/mol. The maximum Gasteiger partial charge on any atom is 0.0792 e. The molecule has 1 unspecified atom stereocenters. The van der Waals surface area contributed by atoms with E-state index in [4.69, 9.17) is 0 Å². The monoisotopic (exact) mass is 224 g/mol. The second-order valence-electron chi connectivity index (χ2n) is 4.01. The molecule has 0 radical (unpaired) electrons. The molecular weight excluding hydrogens is 204 g/mol. The Balaban J connectivity index is 2.61. The van der Waals surface area contributed by atoms with Gasteiger partial charge in [0.2, 0.25) is 0 Å². The van der Waals surface area contributed by atoms with Gasteiger partial charge in [-0.2, -0.15) is 11.8 Å². The first-order valence-electron chi connectivity index (χ1n) is 5.39. The summed E-state index contributed by atoms with van der Waals surface area (Å²) < 4.78 is 0. The van der Waals surface area contributed by atoms with Crippen LogP contribution in [-0.4, -0.2) is 17.1 Å². The van der Waals surface area contributed by atoms with Crippen LogP contribution in [0.1, 0.15) is 35.6 Å². The number of rotatable bonds is 5. The standard InChI is InChI=1S/C13H20OS/c1-10-6-7-12(11(2)9-10)13(14)5-4-8-15-3/h6-7,9,13-14H,4-5,8H2,1-3H3. The molecule has 1 rings (SSSR count). The average Bonchev–Trinajstić information content (AvgIpc) is 2.17. The Hall–Kier alpha value is -0.470. The zero-order valence-electron chi connectivity index (χ0n) is 9.79. The fourth-order valence-electron chi connectivity index (χ4n) is 1.78. The first kappa shape index (κ1) is 12.6. The van der Waals surface area contributed by atoms with Gasteiger partial charge in [0.25, 0.3) is 0 Å². The summed E-state index contributed by atoms with van der Waals surface area (Å²) in [6, 6.07) is 6.25. The minimum absolute atomic E-state index is 0.294. The van der Waals surface area contributed by atoms with Crippen molar-refractivity contribution >= 4 is 11.8 Å². The van der Waals surface area contributed by atoms with Crippen LogP contribution in [0.5, 0.6) is 0 Å². The van der Waals surface area contributed by atoms with E-state index in [9.17, 15) is 5.11 Å². The molecule has 0 saturated heterocycles. The highest BCUT2D eigenvalue weighted by molar-refractivity contribution is 7.98. The van der Waals surface area contributed by atoms with Crippen molar-refractivity contribution in [2.75, 3.05) is 12.0 Å². The fourth-order valence-corrected chi connectivity index (χ4v) is 2.23. The quantitative estimate of drug-likeness (QED) is 0.773. The molecule has 0 aromatic heterocycles. The Bertz CT molecular complexity index is 309. The van der Waals surface area contributed by atoms with Gasteiger partial charge in [0.05, 0.1) is 6.10 Å². The molecule has 15 heavy (non-hydrogen) atoms. The van der Waals surface area contributed by atoms with Crippen molar-refractivity contribution in [3.8, 4) is 0 Å². The van der Waals surface area contributed by atoms with E-state index in [1.165, 1.54) is 11.1 Å². The highest BCUT2D eigenvalue weighted by Gasteiger charge is 2.09. The maximum absolute atomic E-state index is 10.0. The highest BCUT2D eigenvalue weighted by Crippen LogP contribution is 2.23. The van der Waals surface area contributed by atoms with E-state index in [1.807, 2.05) is 11.8 Å². The van der Waals surface area contributed by atoms with Gasteiger partial charge in [-0.25, -0.2) is 0 Å². The summed E-state index contributed by atoms with van der Waals surface area (Å²) >= 11 is 1.83. The van der Waals surface area contributed by atoms with Gasteiger partial charge in [0.1, 0.15) is 0 Å². The molecule has 0 aliphatic rings. The molecule has 1 nitrogen and oxygen atoms in total. The van der Waals surface area contributed by atoms with Crippen LogP contribution in [0.25, 0.3) is 0 Å². The van der Waals surface area contributed by atoms with Crippen molar-refractivity contribution in [1.82, 2.24) is 0 Å². The molecule has 0 amide bonds. The van der Waals surface area contributed by atoms with Crippen LogP contribution in [0.2, 0.25) is 0 Å². The van der Waals surface area contributed by atoms with E-state index in [-0.39, 0.29) is 6.10 Å². The van der Waals surface area contributed by atoms with Crippen LogP contribution in [-0.2, 0) is 0 Å². The van der Waals surface area contributed by atoms with E-state index in [2.05, 4.69) is 38.3 Å². The van der Waals surface area contributed by atoms with Gasteiger partial charge in [-0.1, -0.05) is 23.8 Å². The number of benzene rings is 1. The molecule has 0 spiro atoms. The molecule has 0 fully saturated rings. The molecule has 0 heterocycles. The molecule has 1 N–H and O–H groups in total. The van der Waals surface area contributed by atoms with Crippen molar-refractivity contribution in [3.63, 3.8) is 0 Å². The molecule has 0 saturated carbocycles. The summed E-state index contributed by atoms with van der Waals surface area (Å²) in [5.41, 5.74) is 3.54. The third-order valence-electron chi connectivity index (χ3n) is 2.61. The van der Waals surface area contributed by atoms with Gasteiger partial charge in [0, 0.05) is 0 Å². The van der Waals surface area contributed by atoms with E-state index in [1.54, 1.807) is 0 Å². The Labute approximate surface area is 96.9 Å². The normalized spacial score (nSPS) is 12.8. The smallest absolute Gasteiger partial charge is 0.0792 e. The number of hydrogen-bond acceptors (Lipinski definition) is 2. The molecule has 0 aliphatic carbocycles. The van der Waals surface area contributed by atoms with E-state index >= 15 is 0 Å². The molecular formula is C13H20OS. The Morgan fingerprint density at radius 3 is 2.67 bits per heavy atom. The number of aliphatic hydroxyl groups is 1. The van der Waals surface area contributed by atoms with Crippen molar-refractivity contribution in [3.05, 3.63) is 34.9 Å². The van der Waals surface area contributed by atoms with Crippen molar-refractivity contribution in [2.45, 2.75) is 32.8 Å². The predicted octanol–water partition coefficient (Wildman–Crippen LogP) is 3.48. The van der Waals surface area contributed by atoms with Gasteiger partial charge >= 0.3 is 0 Å². The second kappa shape index (κ2) is 6.19. The summed E-state index contributed by atoms with van der Waals surface area (Å²) in [6.07, 6.45) is 3.75. The lowest BCUT2D eigenvalue weighted by Crippen LogP contribution is -2.01. The SMILES string of the molecule is CSCCCC(O)c1ccc(C)cc1C. The Morgan fingerprint density at radius 1 is 1.33 bits per heavy atom. The molecule has 2 heteroatoms. The fraction of sp³-hybridized carbons (Fsp3) is 0.538. The largest absolute Gasteiger partial charge is 0.388 e. The minimum Gasteiger partial charge on any atom is -0.388 e. The van der Waals surface area contributed by atoms with Crippen LogP contribution in [0.3, 0.4) is 0 Å². The summed E-state index contributed by atoms with van der Waals surface area (Å²) in [5.74, 6) is 1.13. The van der Waals surface area contributed by atoms with Crippen molar-refractivity contribution in [1.29, 1.82) is 0 Å². The summed E-state index contributed by atoms with van der Waals surface area (Å²) in [7, 11) is 0. The molecule has 84 valence electrons. The Morgan fingerprint density at radius 2 is 2.07 bits per heavy atom. The number of aliphatic hydroxyl groups excluding tert-OH is 1. The summed E-state index contributed by atoms with van der Waals surface area (Å²) in [6.45, 7) is 4.15. The molecule has 1 atom stereocenters.